The van der Waals surface area contributed by atoms with E-state index in [1.807, 2.05) is 52.8 Å². The van der Waals surface area contributed by atoms with Gasteiger partial charge in [0.15, 0.2) is 11.5 Å². The van der Waals surface area contributed by atoms with E-state index in [0.29, 0.717) is 35.4 Å². The van der Waals surface area contributed by atoms with Crippen LogP contribution in [0.5, 0.6) is 17.2 Å². The first-order valence-electron chi connectivity index (χ1n) is 11.8. The summed E-state index contributed by atoms with van der Waals surface area (Å²) in [5, 5.41) is 21.6. The number of hydrogen-bond acceptors (Lipinski definition) is 8. The van der Waals surface area contributed by atoms with E-state index in [0.717, 1.165) is 21.9 Å². The lowest BCUT2D eigenvalue weighted by Crippen LogP contribution is -2.13. The SMILES string of the molecule is CCOc1cc(C=C(C#N)C(=O)Nc2nnc(C(C)C)s2)cc(Cl)c1OCCOc1cc(C)cc(C)c1. The molecule has 1 N–H and O–H groups in total. The number of aromatic nitrogens is 2. The van der Waals surface area contributed by atoms with Gasteiger partial charge in [-0.2, -0.15) is 5.26 Å². The molecule has 194 valence electrons. The largest absolute Gasteiger partial charge is 0.490 e. The highest BCUT2D eigenvalue weighted by atomic mass is 35.5. The molecule has 1 aromatic heterocycles. The smallest absolute Gasteiger partial charge is 0.268 e. The molecule has 10 heteroatoms. The minimum Gasteiger partial charge on any atom is -0.490 e. The van der Waals surface area contributed by atoms with Crippen molar-refractivity contribution in [1.82, 2.24) is 10.2 Å². The lowest BCUT2D eigenvalue weighted by Gasteiger charge is -2.15. The zero-order valence-electron chi connectivity index (χ0n) is 21.4. The van der Waals surface area contributed by atoms with Gasteiger partial charge in [-0.15, -0.1) is 10.2 Å². The van der Waals surface area contributed by atoms with E-state index in [9.17, 15) is 10.1 Å². The first kappa shape index (κ1) is 28.0. The minimum absolute atomic E-state index is 0.115. The van der Waals surface area contributed by atoms with Crippen LogP contribution in [0.25, 0.3) is 6.08 Å². The molecule has 0 aliphatic rings. The van der Waals surface area contributed by atoms with Crippen LogP contribution in [-0.2, 0) is 4.79 Å². The van der Waals surface area contributed by atoms with Crippen LogP contribution in [0.15, 0.2) is 35.9 Å². The normalized spacial score (nSPS) is 11.2. The van der Waals surface area contributed by atoms with Crippen molar-refractivity contribution in [3.05, 3.63) is 62.6 Å². The van der Waals surface area contributed by atoms with Crippen LogP contribution < -0.4 is 19.5 Å². The predicted molar refractivity (Wildman–Crippen MR) is 146 cm³/mol. The quantitative estimate of drug-likeness (QED) is 0.172. The Labute approximate surface area is 225 Å². The Kier molecular flexibility index (Phi) is 9.89. The fourth-order valence-electron chi connectivity index (χ4n) is 3.39. The molecule has 0 bridgehead atoms. The molecule has 1 amide bonds. The second-order valence-corrected chi connectivity index (χ2v) is 9.92. The van der Waals surface area contributed by atoms with Gasteiger partial charge in [0, 0.05) is 5.92 Å². The fourth-order valence-corrected chi connectivity index (χ4v) is 4.41. The highest BCUT2D eigenvalue weighted by Gasteiger charge is 2.16. The maximum Gasteiger partial charge on any atom is 0.268 e. The third-order valence-corrected chi connectivity index (χ3v) is 6.38. The van der Waals surface area contributed by atoms with Crippen LogP contribution in [0.2, 0.25) is 5.02 Å². The number of benzene rings is 2. The Morgan fingerprint density at radius 1 is 1.11 bits per heavy atom. The van der Waals surface area contributed by atoms with E-state index in [1.54, 1.807) is 12.1 Å². The molecular weight excluding hydrogens is 512 g/mol. The minimum atomic E-state index is -0.591. The van der Waals surface area contributed by atoms with Gasteiger partial charge in [-0.1, -0.05) is 42.9 Å². The monoisotopic (exact) mass is 540 g/mol. The molecule has 0 fully saturated rings. The standard InChI is InChI=1S/C27H29ClN4O4S/c1-6-34-23-14-19(12-20(15-29)25(33)30-27-32-31-26(37-27)16(2)3)13-22(28)24(23)36-8-7-35-21-10-17(4)9-18(5)11-21/h9-14,16H,6-8H2,1-5H3,(H,30,32,33). The highest BCUT2D eigenvalue weighted by molar-refractivity contribution is 7.15. The van der Waals surface area contributed by atoms with E-state index in [2.05, 4.69) is 21.6 Å². The number of nitriles is 1. The van der Waals surface area contributed by atoms with E-state index in [4.69, 9.17) is 25.8 Å². The number of ether oxygens (including phenoxy) is 3. The summed E-state index contributed by atoms with van der Waals surface area (Å²) in [5.41, 5.74) is 2.64. The van der Waals surface area contributed by atoms with Crippen LogP contribution >= 0.6 is 22.9 Å². The molecule has 0 spiro atoms. The summed E-state index contributed by atoms with van der Waals surface area (Å²) in [6, 6.07) is 11.2. The number of halogens is 1. The number of amides is 1. The van der Waals surface area contributed by atoms with Crippen molar-refractivity contribution >= 4 is 40.1 Å². The predicted octanol–water partition coefficient (Wildman–Crippen LogP) is 6.33. The Morgan fingerprint density at radius 2 is 1.81 bits per heavy atom. The van der Waals surface area contributed by atoms with Gasteiger partial charge < -0.3 is 14.2 Å². The molecule has 0 aliphatic heterocycles. The second-order valence-electron chi connectivity index (χ2n) is 8.51. The van der Waals surface area contributed by atoms with Gasteiger partial charge in [0.25, 0.3) is 5.91 Å². The van der Waals surface area contributed by atoms with Crippen LogP contribution in [0.3, 0.4) is 0 Å². The Bertz CT molecular complexity index is 1310. The van der Waals surface area contributed by atoms with Gasteiger partial charge in [0.05, 0.1) is 11.6 Å². The number of carbonyl (C=O) groups excluding carboxylic acids is 1. The van der Waals surface area contributed by atoms with E-state index < -0.39 is 5.91 Å². The summed E-state index contributed by atoms with van der Waals surface area (Å²) >= 11 is 7.77. The van der Waals surface area contributed by atoms with E-state index in [1.165, 1.54) is 17.4 Å². The Morgan fingerprint density at radius 3 is 2.43 bits per heavy atom. The van der Waals surface area contributed by atoms with E-state index in [-0.39, 0.29) is 23.1 Å². The zero-order chi connectivity index (χ0) is 26.9. The first-order chi connectivity index (χ1) is 17.7. The second kappa shape index (κ2) is 13.1. The van der Waals surface area contributed by atoms with Crippen molar-refractivity contribution in [2.75, 3.05) is 25.1 Å². The van der Waals surface area contributed by atoms with Gasteiger partial charge >= 0.3 is 0 Å². The van der Waals surface area contributed by atoms with Gasteiger partial charge in [-0.3, -0.25) is 10.1 Å². The van der Waals surface area contributed by atoms with Crippen molar-refractivity contribution in [2.45, 2.75) is 40.5 Å². The number of hydrogen-bond donors (Lipinski definition) is 1. The summed E-state index contributed by atoms with van der Waals surface area (Å²) in [6.07, 6.45) is 1.43. The Hall–Kier alpha value is -3.61. The number of nitrogens with zero attached hydrogens (tertiary/aromatic N) is 3. The van der Waals surface area contributed by atoms with Crippen LogP contribution in [0, 0.1) is 25.2 Å². The van der Waals surface area contributed by atoms with E-state index >= 15 is 0 Å². The average molecular weight is 541 g/mol. The molecule has 8 nitrogen and oxygen atoms in total. The van der Waals surface area contributed by atoms with Crippen LogP contribution in [-0.4, -0.2) is 35.9 Å². The summed E-state index contributed by atoms with van der Waals surface area (Å²) in [5.74, 6) is 1.13. The van der Waals surface area contributed by atoms with Crippen LogP contribution in [0.1, 0.15) is 48.4 Å². The maximum atomic E-state index is 12.7. The summed E-state index contributed by atoms with van der Waals surface area (Å²) in [4.78, 5) is 12.7. The number of carbonyl (C=O) groups is 1. The number of anilines is 1. The average Bonchev–Trinajstić information content (AvgIpc) is 3.30. The molecule has 3 rings (SSSR count). The molecule has 0 unspecified atom stereocenters. The number of nitrogens with one attached hydrogen (secondary N) is 1. The topological polar surface area (TPSA) is 106 Å². The third-order valence-electron chi connectivity index (χ3n) is 4.96. The van der Waals surface area contributed by atoms with Gasteiger partial charge in [-0.25, -0.2) is 0 Å². The Balaban J connectivity index is 1.72. The summed E-state index contributed by atoms with van der Waals surface area (Å²) < 4.78 is 17.4. The molecular formula is C27H29ClN4O4S. The maximum absolute atomic E-state index is 12.7. The molecule has 1 heterocycles. The molecule has 0 radical (unpaired) electrons. The number of aryl methyl sites for hydroxylation is 2. The number of rotatable bonds is 11. The first-order valence-corrected chi connectivity index (χ1v) is 13.0. The highest BCUT2D eigenvalue weighted by Crippen LogP contribution is 2.37. The molecule has 0 saturated carbocycles. The van der Waals surface area contributed by atoms with Crippen molar-refractivity contribution in [2.24, 2.45) is 0 Å². The van der Waals surface area contributed by atoms with Gasteiger partial charge in [-0.05, 0) is 67.8 Å². The fraction of sp³-hybridized carbons (Fsp3) is 0.333. The van der Waals surface area contributed by atoms with Crippen molar-refractivity contribution in [1.29, 1.82) is 5.26 Å². The molecule has 3 aromatic rings. The summed E-state index contributed by atoms with van der Waals surface area (Å²) in [6.45, 7) is 10.8. The zero-order valence-corrected chi connectivity index (χ0v) is 23.0. The van der Waals surface area contributed by atoms with Crippen molar-refractivity contribution in [3.8, 4) is 23.3 Å². The lowest BCUT2D eigenvalue weighted by atomic mass is 10.1. The molecule has 0 atom stereocenters. The molecule has 0 aliphatic carbocycles. The third kappa shape index (κ3) is 7.94. The summed E-state index contributed by atoms with van der Waals surface area (Å²) in [7, 11) is 0. The van der Waals surface area contributed by atoms with Crippen molar-refractivity contribution in [3.63, 3.8) is 0 Å². The molecule has 37 heavy (non-hydrogen) atoms. The van der Waals surface area contributed by atoms with Gasteiger partial charge in [0.2, 0.25) is 5.13 Å². The molecule has 0 saturated heterocycles. The lowest BCUT2D eigenvalue weighted by molar-refractivity contribution is -0.112. The van der Waals surface area contributed by atoms with Gasteiger partial charge in [0.1, 0.15) is 35.6 Å². The van der Waals surface area contributed by atoms with Crippen molar-refractivity contribution < 1.29 is 19.0 Å². The molecule has 2 aromatic carbocycles. The van der Waals surface area contributed by atoms with Crippen LogP contribution in [0.4, 0.5) is 5.13 Å².